The van der Waals surface area contributed by atoms with E-state index in [9.17, 15) is 14.9 Å². The molecule has 4 rings (SSSR count). The molecule has 0 spiro atoms. The number of benzene rings is 2. The van der Waals surface area contributed by atoms with E-state index < -0.39 is 4.92 Å². The van der Waals surface area contributed by atoms with Gasteiger partial charge in [0.2, 0.25) is 5.91 Å². The number of para-hydroxylation sites is 1. The summed E-state index contributed by atoms with van der Waals surface area (Å²) in [7, 11) is 1.53. The van der Waals surface area contributed by atoms with Crippen molar-refractivity contribution in [1.29, 1.82) is 0 Å². The molecule has 1 aromatic heterocycles. The monoisotopic (exact) mass is 412 g/mol. The zero-order valence-electron chi connectivity index (χ0n) is 16.2. The van der Waals surface area contributed by atoms with Crippen LogP contribution in [-0.4, -0.2) is 46.8 Å². The van der Waals surface area contributed by atoms with Gasteiger partial charge in [0.05, 0.1) is 37.1 Å². The number of nitrogens with one attached hydrogen (secondary N) is 1. The summed E-state index contributed by atoms with van der Waals surface area (Å²) in [6, 6.07) is 9.72. The van der Waals surface area contributed by atoms with Gasteiger partial charge in [-0.15, -0.1) is 0 Å². The lowest BCUT2D eigenvalue weighted by Gasteiger charge is -2.15. The maximum atomic E-state index is 12.6. The molecule has 1 N–H and O–H groups in total. The Bertz CT molecular complexity index is 1090. The Morgan fingerprint density at radius 2 is 2.20 bits per heavy atom. The van der Waals surface area contributed by atoms with E-state index in [4.69, 9.17) is 14.2 Å². The number of hydrogen-bond acceptors (Lipinski definition) is 7. The van der Waals surface area contributed by atoms with Gasteiger partial charge < -0.3 is 24.1 Å². The fourth-order valence-corrected chi connectivity index (χ4v) is 3.36. The van der Waals surface area contributed by atoms with Gasteiger partial charge in [-0.1, -0.05) is 6.07 Å². The lowest BCUT2D eigenvalue weighted by molar-refractivity contribution is -0.383. The van der Waals surface area contributed by atoms with Gasteiger partial charge in [0.1, 0.15) is 29.7 Å². The Labute approximate surface area is 171 Å². The molecule has 0 saturated carbocycles. The summed E-state index contributed by atoms with van der Waals surface area (Å²) in [5, 5.41) is 14.1. The quantitative estimate of drug-likeness (QED) is 0.468. The van der Waals surface area contributed by atoms with Crippen molar-refractivity contribution in [2.75, 3.05) is 25.6 Å². The number of imidazole rings is 1. The molecular formula is C20H20N4O6. The lowest BCUT2D eigenvalue weighted by Crippen LogP contribution is -2.19. The molecule has 1 fully saturated rings. The van der Waals surface area contributed by atoms with Crippen LogP contribution in [-0.2, 0) is 16.1 Å². The molecule has 10 heteroatoms. The smallest absolute Gasteiger partial charge is 0.295 e. The maximum Gasteiger partial charge on any atom is 0.295 e. The average molecular weight is 412 g/mol. The van der Waals surface area contributed by atoms with E-state index in [-0.39, 0.29) is 24.2 Å². The molecule has 30 heavy (non-hydrogen) atoms. The number of hydrogen-bond donors (Lipinski definition) is 1. The molecule has 2 heterocycles. The van der Waals surface area contributed by atoms with Crippen molar-refractivity contribution < 1.29 is 23.9 Å². The molecule has 1 amide bonds. The third kappa shape index (κ3) is 4.18. The van der Waals surface area contributed by atoms with Crippen LogP contribution in [0.5, 0.6) is 11.5 Å². The number of amides is 1. The lowest BCUT2D eigenvalue weighted by atomic mass is 10.2. The van der Waals surface area contributed by atoms with Crippen molar-refractivity contribution in [1.82, 2.24) is 9.55 Å². The van der Waals surface area contributed by atoms with Gasteiger partial charge in [-0.25, -0.2) is 4.98 Å². The number of anilines is 1. The van der Waals surface area contributed by atoms with Gasteiger partial charge in [0.15, 0.2) is 0 Å². The first kappa shape index (κ1) is 19.6. The van der Waals surface area contributed by atoms with Crippen LogP contribution in [0.25, 0.3) is 11.0 Å². The Balaban J connectivity index is 1.53. The predicted molar refractivity (Wildman–Crippen MR) is 108 cm³/mol. The number of rotatable bonds is 7. The second-order valence-corrected chi connectivity index (χ2v) is 6.82. The van der Waals surface area contributed by atoms with E-state index >= 15 is 0 Å². The standard InChI is InChI=1S/C20H20N4O6/c1-28-15-7-13(8-16(9-15)30-14-5-6-29-11-14)22-19(25)10-23-12-21-17-3-2-4-18(20(17)23)24(26)27/h2-4,7-9,12,14H,5-6,10-11H2,1H3,(H,22,25). The first-order chi connectivity index (χ1) is 14.5. The Kier molecular flexibility index (Phi) is 5.48. The van der Waals surface area contributed by atoms with Crippen LogP contribution in [0.15, 0.2) is 42.7 Å². The van der Waals surface area contributed by atoms with Crippen molar-refractivity contribution >= 4 is 28.3 Å². The van der Waals surface area contributed by atoms with Gasteiger partial charge in [-0.05, 0) is 6.07 Å². The number of fused-ring (bicyclic) bond motifs is 1. The molecule has 1 unspecified atom stereocenters. The molecule has 2 aromatic carbocycles. The highest BCUT2D eigenvalue weighted by atomic mass is 16.6. The summed E-state index contributed by atoms with van der Waals surface area (Å²) in [5.74, 6) is 0.727. The highest BCUT2D eigenvalue weighted by Crippen LogP contribution is 2.28. The molecule has 1 aliphatic heterocycles. The number of nitro benzene ring substituents is 1. The van der Waals surface area contributed by atoms with E-state index in [0.29, 0.717) is 41.4 Å². The second kappa shape index (κ2) is 8.37. The van der Waals surface area contributed by atoms with Crippen molar-refractivity contribution in [2.45, 2.75) is 19.1 Å². The van der Waals surface area contributed by atoms with Crippen LogP contribution >= 0.6 is 0 Å². The number of carbonyl (C=O) groups excluding carboxylic acids is 1. The van der Waals surface area contributed by atoms with E-state index in [0.717, 1.165) is 6.42 Å². The minimum Gasteiger partial charge on any atom is -0.497 e. The van der Waals surface area contributed by atoms with Crippen LogP contribution in [0.3, 0.4) is 0 Å². The van der Waals surface area contributed by atoms with Crippen LogP contribution in [0.2, 0.25) is 0 Å². The molecular weight excluding hydrogens is 392 g/mol. The van der Waals surface area contributed by atoms with Gasteiger partial charge in [-0.2, -0.15) is 0 Å². The minimum atomic E-state index is -0.489. The Hall–Kier alpha value is -3.66. The zero-order valence-corrected chi connectivity index (χ0v) is 16.2. The fraction of sp³-hybridized carbons (Fsp3) is 0.300. The number of nitro groups is 1. The first-order valence-electron chi connectivity index (χ1n) is 9.35. The van der Waals surface area contributed by atoms with Crippen molar-refractivity contribution in [2.24, 2.45) is 0 Å². The summed E-state index contributed by atoms with van der Waals surface area (Å²) in [5.41, 5.74) is 1.14. The third-order valence-electron chi connectivity index (χ3n) is 4.72. The van der Waals surface area contributed by atoms with Gasteiger partial charge >= 0.3 is 0 Å². The highest BCUT2D eigenvalue weighted by molar-refractivity contribution is 5.93. The maximum absolute atomic E-state index is 12.6. The molecule has 1 aliphatic rings. The molecule has 156 valence electrons. The number of non-ortho nitro benzene ring substituents is 1. The normalized spacial score (nSPS) is 15.8. The molecule has 1 atom stereocenters. The van der Waals surface area contributed by atoms with E-state index in [1.165, 1.54) is 24.1 Å². The third-order valence-corrected chi connectivity index (χ3v) is 4.72. The van der Waals surface area contributed by atoms with Crippen molar-refractivity contribution in [3.63, 3.8) is 0 Å². The summed E-state index contributed by atoms with van der Waals surface area (Å²) >= 11 is 0. The fourth-order valence-electron chi connectivity index (χ4n) is 3.36. The van der Waals surface area contributed by atoms with Crippen molar-refractivity contribution in [3.05, 3.63) is 52.8 Å². The summed E-state index contributed by atoms with van der Waals surface area (Å²) in [6.45, 7) is 1.04. The van der Waals surface area contributed by atoms with Crippen LogP contribution in [0, 0.1) is 10.1 Å². The number of ether oxygens (including phenoxy) is 3. The topological polar surface area (TPSA) is 118 Å². The number of aromatic nitrogens is 2. The SMILES string of the molecule is COc1cc(NC(=O)Cn2cnc3cccc([N+](=O)[O-])c32)cc(OC2CCOC2)c1. The molecule has 0 bridgehead atoms. The van der Waals surface area contributed by atoms with E-state index in [1.54, 1.807) is 30.3 Å². The summed E-state index contributed by atoms with van der Waals surface area (Å²) in [6.07, 6.45) is 2.17. The van der Waals surface area contributed by atoms with Crippen LogP contribution < -0.4 is 14.8 Å². The predicted octanol–water partition coefficient (Wildman–Crippen LogP) is 2.76. The van der Waals surface area contributed by atoms with Gasteiger partial charge in [0.25, 0.3) is 5.69 Å². The summed E-state index contributed by atoms with van der Waals surface area (Å²) in [4.78, 5) is 27.6. The molecule has 0 aliphatic carbocycles. The zero-order chi connectivity index (χ0) is 21.1. The van der Waals surface area contributed by atoms with E-state index in [1.807, 2.05) is 0 Å². The number of nitrogens with zero attached hydrogens (tertiary/aromatic N) is 3. The van der Waals surface area contributed by atoms with E-state index in [2.05, 4.69) is 10.3 Å². The molecule has 1 saturated heterocycles. The molecule has 3 aromatic rings. The second-order valence-electron chi connectivity index (χ2n) is 6.82. The first-order valence-corrected chi connectivity index (χ1v) is 9.35. The van der Waals surface area contributed by atoms with Gasteiger partial charge in [-0.3, -0.25) is 14.9 Å². The Morgan fingerprint density at radius 1 is 1.37 bits per heavy atom. The largest absolute Gasteiger partial charge is 0.497 e. The number of carbonyl (C=O) groups is 1. The van der Waals surface area contributed by atoms with Crippen LogP contribution in [0.1, 0.15) is 6.42 Å². The van der Waals surface area contributed by atoms with Crippen LogP contribution in [0.4, 0.5) is 11.4 Å². The average Bonchev–Trinajstić information content (AvgIpc) is 3.37. The molecule has 10 nitrogen and oxygen atoms in total. The highest BCUT2D eigenvalue weighted by Gasteiger charge is 2.20. The molecule has 0 radical (unpaired) electrons. The van der Waals surface area contributed by atoms with Gasteiger partial charge in [0, 0.05) is 36.4 Å². The Morgan fingerprint density at radius 3 is 2.93 bits per heavy atom. The van der Waals surface area contributed by atoms with Crippen molar-refractivity contribution in [3.8, 4) is 11.5 Å². The number of methoxy groups -OCH3 is 1. The summed E-state index contributed by atoms with van der Waals surface area (Å²) < 4.78 is 18.0. The minimum absolute atomic E-state index is 0.0430.